The van der Waals surface area contributed by atoms with Crippen molar-refractivity contribution in [3.8, 4) is 0 Å². The lowest BCUT2D eigenvalue weighted by Gasteiger charge is -2.19. The Morgan fingerprint density at radius 3 is 2.11 bits per heavy atom. The predicted octanol–water partition coefficient (Wildman–Crippen LogP) is 4.09. The van der Waals surface area contributed by atoms with E-state index in [0.717, 1.165) is 15.3 Å². The molecular weight excluding hydrogens is 360 g/mol. The summed E-state index contributed by atoms with van der Waals surface area (Å²) in [6, 6.07) is 9.12. The molecule has 5 nitrogen and oxygen atoms in total. The topological polar surface area (TPSA) is 75.3 Å². The van der Waals surface area contributed by atoms with Crippen molar-refractivity contribution in [1.29, 1.82) is 0 Å². The minimum atomic E-state index is -0.396. The third-order valence-electron chi connectivity index (χ3n) is 4.25. The molecule has 0 fully saturated rings. The molecule has 1 aromatic carbocycles. The van der Waals surface area contributed by atoms with Gasteiger partial charge >= 0.3 is 0 Å². The molecule has 0 aliphatic carbocycles. The van der Waals surface area contributed by atoms with Crippen LogP contribution in [0.1, 0.15) is 69.6 Å². The fraction of sp³-hybridized carbons (Fsp3) is 0.381. The van der Waals surface area contributed by atoms with Gasteiger partial charge in [0.25, 0.3) is 5.91 Å². The zero-order valence-corrected chi connectivity index (χ0v) is 17.3. The van der Waals surface area contributed by atoms with Crippen LogP contribution in [0.15, 0.2) is 30.3 Å². The maximum absolute atomic E-state index is 12.2. The SMILES string of the molecule is Cc1cc(C(=O)CCC(=O)NNC(=O)c2ccc(C(C)(C)C)cc2)c(C)s1. The Balaban J connectivity index is 1.82. The molecule has 2 rings (SSSR count). The minimum Gasteiger partial charge on any atom is -0.294 e. The molecule has 1 heterocycles. The van der Waals surface area contributed by atoms with Crippen molar-refractivity contribution in [3.05, 3.63) is 56.8 Å². The van der Waals surface area contributed by atoms with Gasteiger partial charge in [-0.05, 0) is 43.0 Å². The van der Waals surface area contributed by atoms with Crippen LogP contribution in [-0.4, -0.2) is 17.6 Å². The van der Waals surface area contributed by atoms with E-state index < -0.39 is 5.91 Å². The number of rotatable bonds is 5. The number of nitrogens with one attached hydrogen (secondary N) is 2. The first-order chi connectivity index (χ1) is 12.6. The van der Waals surface area contributed by atoms with Crippen molar-refractivity contribution >= 4 is 28.9 Å². The zero-order valence-electron chi connectivity index (χ0n) is 16.4. The summed E-state index contributed by atoms with van der Waals surface area (Å²) in [5, 5.41) is 0. The number of ketones is 1. The van der Waals surface area contributed by atoms with Crippen LogP contribution in [-0.2, 0) is 10.2 Å². The Bertz CT molecular complexity index is 845. The average molecular weight is 387 g/mol. The highest BCUT2D eigenvalue weighted by Crippen LogP contribution is 2.23. The van der Waals surface area contributed by atoms with E-state index in [2.05, 4.69) is 31.6 Å². The highest BCUT2D eigenvalue weighted by atomic mass is 32.1. The van der Waals surface area contributed by atoms with Crippen molar-refractivity contribution in [2.75, 3.05) is 0 Å². The summed E-state index contributed by atoms with van der Waals surface area (Å²) in [5.74, 6) is -0.844. The van der Waals surface area contributed by atoms with Gasteiger partial charge < -0.3 is 0 Å². The molecule has 0 radical (unpaired) electrons. The maximum Gasteiger partial charge on any atom is 0.269 e. The number of benzene rings is 1. The standard InChI is InChI=1S/C21H26N2O3S/c1-13-12-17(14(2)27-13)18(24)10-11-19(25)22-23-20(26)15-6-8-16(9-7-15)21(3,4)5/h6-9,12H,10-11H2,1-5H3,(H,22,25)(H,23,26). The number of Topliss-reactive ketones (excluding diaryl/α,β-unsaturated/α-hetero) is 1. The summed E-state index contributed by atoms with van der Waals surface area (Å²) in [6.45, 7) is 10.1. The summed E-state index contributed by atoms with van der Waals surface area (Å²) in [5.41, 5.74) is 7.02. The summed E-state index contributed by atoms with van der Waals surface area (Å²) < 4.78 is 0. The normalized spacial score (nSPS) is 11.1. The lowest BCUT2D eigenvalue weighted by Crippen LogP contribution is -2.41. The Hall–Kier alpha value is -2.47. The van der Waals surface area contributed by atoms with Gasteiger partial charge in [0.2, 0.25) is 5.91 Å². The van der Waals surface area contributed by atoms with Crippen LogP contribution in [0.5, 0.6) is 0 Å². The molecule has 1 aromatic heterocycles. The number of hydrogen-bond donors (Lipinski definition) is 2. The number of aryl methyl sites for hydroxylation is 2. The number of hydrogen-bond acceptors (Lipinski definition) is 4. The highest BCUT2D eigenvalue weighted by Gasteiger charge is 2.16. The largest absolute Gasteiger partial charge is 0.294 e. The fourth-order valence-corrected chi connectivity index (χ4v) is 3.59. The summed E-state index contributed by atoms with van der Waals surface area (Å²) in [6.07, 6.45) is 0.134. The molecule has 0 saturated heterocycles. The van der Waals surface area contributed by atoms with E-state index in [1.807, 2.05) is 32.0 Å². The van der Waals surface area contributed by atoms with Gasteiger partial charge in [-0.1, -0.05) is 32.9 Å². The van der Waals surface area contributed by atoms with Gasteiger partial charge in [-0.3, -0.25) is 25.2 Å². The second-order valence-electron chi connectivity index (χ2n) is 7.58. The van der Waals surface area contributed by atoms with E-state index in [4.69, 9.17) is 0 Å². The maximum atomic E-state index is 12.2. The van der Waals surface area contributed by atoms with Crippen LogP contribution in [0.25, 0.3) is 0 Å². The van der Waals surface area contributed by atoms with Crippen LogP contribution >= 0.6 is 11.3 Å². The van der Waals surface area contributed by atoms with E-state index in [9.17, 15) is 14.4 Å². The van der Waals surface area contributed by atoms with E-state index in [-0.39, 0.29) is 29.9 Å². The van der Waals surface area contributed by atoms with E-state index in [0.29, 0.717) is 11.1 Å². The Morgan fingerprint density at radius 1 is 0.963 bits per heavy atom. The molecule has 0 atom stereocenters. The zero-order chi connectivity index (χ0) is 20.2. The van der Waals surface area contributed by atoms with E-state index >= 15 is 0 Å². The molecule has 2 aromatic rings. The lowest BCUT2D eigenvalue weighted by atomic mass is 9.87. The van der Waals surface area contributed by atoms with Gasteiger partial charge in [0, 0.05) is 33.7 Å². The van der Waals surface area contributed by atoms with Gasteiger partial charge in [-0.25, -0.2) is 0 Å². The van der Waals surface area contributed by atoms with Gasteiger partial charge in [-0.15, -0.1) is 11.3 Å². The smallest absolute Gasteiger partial charge is 0.269 e. The van der Waals surface area contributed by atoms with Gasteiger partial charge in [0.15, 0.2) is 5.78 Å². The number of thiophene rings is 1. The Morgan fingerprint density at radius 2 is 1.59 bits per heavy atom. The molecule has 2 amide bonds. The van der Waals surface area contributed by atoms with Crippen LogP contribution in [0.2, 0.25) is 0 Å². The molecule has 144 valence electrons. The van der Waals surface area contributed by atoms with Crippen LogP contribution in [0.3, 0.4) is 0 Å². The number of carbonyl (C=O) groups is 3. The highest BCUT2D eigenvalue weighted by molar-refractivity contribution is 7.12. The fourth-order valence-electron chi connectivity index (χ4n) is 2.65. The Labute approximate surface area is 164 Å². The van der Waals surface area contributed by atoms with Crippen molar-refractivity contribution in [2.45, 2.75) is 52.9 Å². The average Bonchev–Trinajstić information content (AvgIpc) is 2.95. The molecule has 6 heteroatoms. The third-order valence-corrected chi connectivity index (χ3v) is 5.21. The van der Waals surface area contributed by atoms with Gasteiger partial charge in [0.05, 0.1) is 0 Å². The minimum absolute atomic E-state index is 0.00903. The molecular formula is C21H26N2O3S. The first-order valence-electron chi connectivity index (χ1n) is 8.88. The number of carbonyl (C=O) groups excluding carboxylic acids is 3. The van der Waals surface area contributed by atoms with Gasteiger partial charge in [-0.2, -0.15) is 0 Å². The lowest BCUT2D eigenvalue weighted by molar-refractivity contribution is -0.121. The summed E-state index contributed by atoms with van der Waals surface area (Å²) in [7, 11) is 0. The van der Waals surface area contributed by atoms with Crippen molar-refractivity contribution in [3.63, 3.8) is 0 Å². The monoisotopic (exact) mass is 386 g/mol. The van der Waals surface area contributed by atoms with Gasteiger partial charge in [0.1, 0.15) is 0 Å². The molecule has 27 heavy (non-hydrogen) atoms. The molecule has 0 saturated carbocycles. The molecule has 0 spiro atoms. The molecule has 0 bridgehead atoms. The Kier molecular flexibility index (Phi) is 6.54. The number of hydrazine groups is 1. The molecule has 0 unspecified atom stereocenters. The molecule has 2 N–H and O–H groups in total. The van der Waals surface area contributed by atoms with Crippen molar-refractivity contribution in [2.24, 2.45) is 0 Å². The van der Waals surface area contributed by atoms with E-state index in [1.54, 1.807) is 23.5 Å². The van der Waals surface area contributed by atoms with Crippen LogP contribution in [0.4, 0.5) is 0 Å². The first kappa shape index (κ1) is 20.8. The second kappa shape index (κ2) is 8.48. The predicted molar refractivity (Wildman–Crippen MR) is 108 cm³/mol. The van der Waals surface area contributed by atoms with E-state index in [1.165, 1.54) is 0 Å². The second-order valence-corrected chi connectivity index (χ2v) is 9.04. The molecule has 0 aliphatic heterocycles. The first-order valence-corrected chi connectivity index (χ1v) is 9.69. The molecule has 0 aliphatic rings. The van der Waals surface area contributed by atoms with Crippen molar-refractivity contribution < 1.29 is 14.4 Å². The quantitative estimate of drug-likeness (QED) is 0.600. The number of amides is 2. The third kappa shape index (κ3) is 5.76. The summed E-state index contributed by atoms with van der Waals surface area (Å²) >= 11 is 1.57. The van der Waals surface area contributed by atoms with Crippen LogP contribution in [0, 0.1) is 13.8 Å². The van der Waals surface area contributed by atoms with Crippen LogP contribution < -0.4 is 10.9 Å². The summed E-state index contributed by atoms with van der Waals surface area (Å²) in [4.78, 5) is 38.3. The van der Waals surface area contributed by atoms with Crippen molar-refractivity contribution in [1.82, 2.24) is 10.9 Å².